The molecule has 0 radical (unpaired) electrons. The molecule has 0 saturated heterocycles. The average Bonchev–Trinajstić information content (AvgIpc) is 2.61. The van der Waals surface area contributed by atoms with Crippen LogP contribution < -0.4 is 10.6 Å². The van der Waals surface area contributed by atoms with E-state index < -0.39 is 5.91 Å². The van der Waals surface area contributed by atoms with Crippen LogP contribution in [-0.2, 0) is 6.54 Å². The summed E-state index contributed by atoms with van der Waals surface area (Å²) in [5.74, 6) is -0.852. The largest absolute Gasteiger partial charge is 0.346 e. The third-order valence-electron chi connectivity index (χ3n) is 3.39. The van der Waals surface area contributed by atoms with E-state index in [9.17, 15) is 13.6 Å². The SMILES string of the molecule is O=C(NCc1ccccc1F)c1ccc(Nc2cccc(F)c2)nn1. The molecule has 1 heterocycles. The highest BCUT2D eigenvalue weighted by Crippen LogP contribution is 2.15. The van der Waals surface area contributed by atoms with Gasteiger partial charge in [0.25, 0.3) is 5.91 Å². The predicted octanol–water partition coefficient (Wildman–Crippen LogP) is 3.43. The lowest BCUT2D eigenvalue weighted by molar-refractivity contribution is 0.0944. The molecule has 2 aromatic carbocycles. The van der Waals surface area contributed by atoms with Crippen LogP contribution in [0.1, 0.15) is 16.1 Å². The van der Waals surface area contributed by atoms with Gasteiger partial charge in [-0.05, 0) is 36.4 Å². The van der Waals surface area contributed by atoms with Crippen molar-refractivity contribution in [1.29, 1.82) is 0 Å². The smallest absolute Gasteiger partial charge is 0.272 e. The van der Waals surface area contributed by atoms with Gasteiger partial charge in [0.05, 0.1) is 0 Å². The van der Waals surface area contributed by atoms with E-state index >= 15 is 0 Å². The zero-order chi connectivity index (χ0) is 17.6. The van der Waals surface area contributed by atoms with E-state index in [2.05, 4.69) is 20.8 Å². The number of aromatic nitrogens is 2. The van der Waals surface area contributed by atoms with Crippen LogP contribution in [0.4, 0.5) is 20.3 Å². The van der Waals surface area contributed by atoms with Crippen molar-refractivity contribution < 1.29 is 13.6 Å². The summed E-state index contributed by atoms with van der Waals surface area (Å²) >= 11 is 0. The average molecular weight is 340 g/mol. The van der Waals surface area contributed by atoms with Crippen LogP contribution >= 0.6 is 0 Å². The van der Waals surface area contributed by atoms with Crippen LogP contribution in [0.5, 0.6) is 0 Å². The molecule has 0 unspecified atom stereocenters. The molecular formula is C18H14F2N4O. The van der Waals surface area contributed by atoms with Gasteiger partial charge in [-0.15, -0.1) is 10.2 Å². The highest BCUT2D eigenvalue weighted by Gasteiger charge is 2.09. The first-order valence-corrected chi connectivity index (χ1v) is 7.50. The van der Waals surface area contributed by atoms with Gasteiger partial charge in [0, 0.05) is 17.8 Å². The van der Waals surface area contributed by atoms with Gasteiger partial charge in [0.15, 0.2) is 11.5 Å². The number of nitrogens with zero attached hydrogens (tertiary/aromatic N) is 2. The molecule has 0 spiro atoms. The zero-order valence-electron chi connectivity index (χ0n) is 13.0. The molecule has 0 fully saturated rings. The molecule has 0 bridgehead atoms. The minimum absolute atomic E-state index is 0.0521. The number of amides is 1. The maximum atomic E-state index is 13.5. The van der Waals surface area contributed by atoms with E-state index in [-0.39, 0.29) is 23.9 Å². The summed E-state index contributed by atoms with van der Waals surface area (Å²) in [6.07, 6.45) is 0. The summed E-state index contributed by atoms with van der Waals surface area (Å²) in [7, 11) is 0. The lowest BCUT2D eigenvalue weighted by Crippen LogP contribution is -2.24. The van der Waals surface area contributed by atoms with Gasteiger partial charge in [0.1, 0.15) is 11.6 Å². The molecular weight excluding hydrogens is 326 g/mol. The Morgan fingerprint density at radius 2 is 1.80 bits per heavy atom. The van der Waals surface area contributed by atoms with Gasteiger partial charge in [-0.2, -0.15) is 0 Å². The van der Waals surface area contributed by atoms with Crippen LogP contribution in [0, 0.1) is 11.6 Å². The van der Waals surface area contributed by atoms with Crippen molar-refractivity contribution in [2.24, 2.45) is 0 Å². The van der Waals surface area contributed by atoms with Gasteiger partial charge in [-0.3, -0.25) is 4.79 Å². The van der Waals surface area contributed by atoms with E-state index in [0.29, 0.717) is 17.1 Å². The molecule has 0 aliphatic rings. The monoisotopic (exact) mass is 340 g/mol. The fourth-order valence-corrected chi connectivity index (χ4v) is 2.14. The normalized spacial score (nSPS) is 10.3. The maximum Gasteiger partial charge on any atom is 0.272 e. The van der Waals surface area contributed by atoms with Gasteiger partial charge >= 0.3 is 0 Å². The number of benzene rings is 2. The third-order valence-corrected chi connectivity index (χ3v) is 3.39. The van der Waals surface area contributed by atoms with Crippen LogP contribution in [-0.4, -0.2) is 16.1 Å². The standard InChI is InChI=1S/C18H14F2N4O/c19-13-5-3-6-14(10-13)22-17-9-8-16(23-24-17)18(25)21-11-12-4-1-2-7-15(12)20/h1-10H,11H2,(H,21,25)(H,22,24). The quantitative estimate of drug-likeness (QED) is 0.747. The predicted molar refractivity (Wildman–Crippen MR) is 89.3 cm³/mol. The van der Waals surface area contributed by atoms with Gasteiger partial charge in [-0.25, -0.2) is 8.78 Å². The Morgan fingerprint density at radius 1 is 0.960 bits per heavy atom. The van der Waals surface area contributed by atoms with Crippen molar-refractivity contribution in [3.8, 4) is 0 Å². The molecule has 7 heteroatoms. The Balaban J connectivity index is 1.61. The molecule has 3 aromatic rings. The van der Waals surface area contributed by atoms with E-state index in [1.165, 1.54) is 24.3 Å². The second kappa shape index (κ2) is 7.48. The number of hydrogen-bond donors (Lipinski definition) is 2. The molecule has 3 rings (SSSR count). The molecule has 5 nitrogen and oxygen atoms in total. The fourth-order valence-electron chi connectivity index (χ4n) is 2.14. The summed E-state index contributed by atoms with van der Waals surface area (Å²) in [5.41, 5.74) is 1.00. The first-order chi connectivity index (χ1) is 12.1. The van der Waals surface area contributed by atoms with Gasteiger partial charge < -0.3 is 10.6 Å². The molecule has 126 valence electrons. The first-order valence-electron chi connectivity index (χ1n) is 7.50. The summed E-state index contributed by atoms with van der Waals surface area (Å²) in [6, 6.07) is 15.1. The second-order valence-corrected chi connectivity index (χ2v) is 5.21. The number of hydrogen-bond acceptors (Lipinski definition) is 4. The van der Waals surface area contributed by atoms with Crippen molar-refractivity contribution in [2.45, 2.75) is 6.54 Å². The lowest BCUT2D eigenvalue weighted by Gasteiger charge is -2.07. The number of anilines is 2. The minimum atomic E-state index is -0.465. The highest BCUT2D eigenvalue weighted by atomic mass is 19.1. The Morgan fingerprint density at radius 3 is 2.52 bits per heavy atom. The summed E-state index contributed by atoms with van der Waals surface area (Å²) in [5, 5.41) is 13.2. The van der Waals surface area contributed by atoms with E-state index in [1.807, 2.05) is 0 Å². The number of carbonyl (C=O) groups is 1. The van der Waals surface area contributed by atoms with Crippen LogP contribution in [0.25, 0.3) is 0 Å². The van der Waals surface area contributed by atoms with Gasteiger partial charge in [-0.1, -0.05) is 24.3 Å². The minimum Gasteiger partial charge on any atom is -0.346 e. The van der Waals surface area contributed by atoms with Crippen LogP contribution in [0.15, 0.2) is 60.7 Å². The van der Waals surface area contributed by atoms with Crippen LogP contribution in [0.3, 0.4) is 0 Å². The van der Waals surface area contributed by atoms with Crippen LogP contribution in [0.2, 0.25) is 0 Å². The molecule has 2 N–H and O–H groups in total. The van der Waals surface area contributed by atoms with E-state index in [1.54, 1.807) is 36.4 Å². The Labute approximate surface area is 142 Å². The van der Waals surface area contributed by atoms with Crippen molar-refractivity contribution >= 4 is 17.4 Å². The molecule has 1 amide bonds. The second-order valence-electron chi connectivity index (χ2n) is 5.21. The number of nitrogens with one attached hydrogen (secondary N) is 2. The number of rotatable bonds is 5. The molecule has 0 aliphatic heterocycles. The molecule has 0 aliphatic carbocycles. The van der Waals surface area contributed by atoms with E-state index in [4.69, 9.17) is 0 Å². The zero-order valence-corrected chi connectivity index (χ0v) is 13.0. The topological polar surface area (TPSA) is 66.9 Å². The fraction of sp³-hybridized carbons (Fsp3) is 0.0556. The maximum absolute atomic E-state index is 13.5. The first kappa shape index (κ1) is 16.5. The summed E-state index contributed by atoms with van der Waals surface area (Å²) in [6.45, 7) is 0.0521. The molecule has 0 atom stereocenters. The van der Waals surface area contributed by atoms with Crippen molar-refractivity contribution in [2.75, 3.05) is 5.32 Å². The summed E-state index contributed by atoms with van der Waals surface area (Å²) < 4.78 is 26.7. The summed E-state index contributed by atoms with van der Waals surface area (Å²) in [4.78, 5) is 12.0. The van der Waals surface area contributed by atoms with Gasteiger partial charge in [0.2, 0.25) is 0 Å². The Hall–Kier alpha value is -3.35. The highest BCUT2D eigenvalue weighted by molar-refractivity contribution is 5.92. The third kappa shape index (κ3) is 4.35. The lowest BCUT2D eigenvalue weighted by atomic mass is 10.2. The van der Waals surface area contributed by atoms with E-state index in [0.717, 1.165) is 0 Å². The Bertz CT molecular complexity index is 884. The van der Waals surface area contributed by atoms with Crippen molar-refractivity contribution in [3.05, 3.63) is 83.6 Å². The number of halogens is 2. The van der Waals surface area contributed by atoms with Crippen molar-refractivity contribution in [3.63, 3.8) is 0 Å². The number of carbonyl (C=O) groups excluding carboxylic acids is 1. The molecule has 25 heavy (non-hydrogen) atoms. The van der Waals surface area contributed by atoms with Crippen molar-refractivity contribution in [1.82, 2.24) is 15.5 Å². The molecule has 1 aromatic heterocycles. The molecule has 0 saturated carbocycles. The Kier molecular flexibility index (Phi) is 4.94.